The first-order chi connectivity index (χ1) is 9.01. The second-order valence-corrected chi connectivity index (χ2v) is 5.82. The summed E-state index contributed by atoms with van der Waals surface area (Å²) in [6.45, 7) is 1.91. The Hall–Kier alpha value is -2.25. The lowest BCUT2D eigenvalue weighted by Crippen LogP contribution is -2.12. The molecule has 0 heterocycles. The van der Waals surface area contributed by atoms with Crippen LogP contribution in [0.1, 0.15) is 11.1 Å². The fourth-order valence-corrected chi connectivity index (χ4v) is 2.62. The van der Waals surface area contributed by atoms with Crippen molar-refractivity contribution in [1.29, 1.82) is 0 Å². The Morgan fingerprint density at radius 3 is 2.11 bits per heavy atom. The van der Waals surface area contributed by atoms with Gasteiger partial charge in [-0.05, 0) is 43.3 Å². The van der Waals surface area contributed by atoms with Gasteiger partial charge in [0, 0.05) is 11.3 Å². The molecular weight excluding hydrogens is 258 g/mol. The molecule has 96 valence electrons. The maximum absolute atomic E-state index is 12.1. The van der Waals surface area contributed by atoms with E-state index in [0.29, 0.717) is 11.3 Å². The first-order valence-corrected chi connectivity index (χ1v) is 7.16. The highest BCUT2D eigenvalue weighted by Crippen LogP contribution is 2.16. The molecule has 0 aliphatic rings. The lowest BCUT2D eigenvalue weighted by molar-refractivity contribution is 0.601. The van der Waals surface area contributed by atoms with Gasteiger partial charge in [0.15, 0.2) is 0 Å². The minimum Gasteiger partial charge on any atom is -0.280 e. The van der Waals surface area contributed by atoms with Gasteiger partial charge in [0.2, 0.25) is 0 Å². The fraction of sp³-hybridized carbons (Fsp3) is 0.0667. The topological polar surface area (TPSA) is 46.2 Å². The summed E-state index contributed by atoms with van der Waals surface area (Å²) in [5.74, 6) is 2.48. The molecule has 0 radical (unpaired) electrons. The second kappa shape index (κ2) is 5.17. The van der Waals surface area contributed by atoms with Crippen molar-refractivity contribution in [3.63, 3.8) is 0 Å². The van der Waals surface area contributed by atoms with Crippen LogP contribution in [0.5, 0.6) is 0 Å². The number of sulfonamides is 1. The third-order valence-corrected chi connectivity index (χ3v) is 4.03. The highest BCUT2D eigenvalue weighted by Gasteiger charge is 2.13. The lowest BCUT2D eigenvalue weighted by atomic mass is 10.2. The van der Waals surface area contributed by atoms with E-state index in [2.05, 4.69) is 10.6 Å². The number of hydrogen-bond acceptors (Lipinski definition) is 2. The molecule has 0 spiro atoms. The molecule has 0 aliphatic carbocycles. The van der Waals surface area contributed by atoms with Crippen LogP contribution in [0.25, 0.3) is 0 Å². The monoisotopic (exact) mass is 271 g/mol. The SMILES string of the molecule is C#Cc1ccc(NS(=O)(=O)c2ccc(C)cc2)cc1. The second-order valence-electron chi connectivity index (χ2n) is 4.14. The van der Waals surface area contributed by atoms with Crippen molar-refractivity contribution in [2.45, 2.75) is 11.8 Å². The first-order valence-electron chi connectivity index (χ1n) is 5.67. The Bertz CT molecular complexity index is 708. The standard InChI is InChI=1S/C15H13NO2S/c1-3-13-6-8-14(9-7-13)16-19(17,18)15-10-4-12(2)5-11-15/h1,4-11,16H,2H3. The van der Waals surface area contributed by atoms with Crippen molar-refractivity contribution in [2.75, 3.05) is 4.72 Å². The average molecular weight is 271 g/mol. The van der Waals surface area contributed by atoms with E-state index in [1.54, 1.807) is 48.5 Å². The van der Waals surface area contributed by atoms with Crippen molar-refractivity contribution >= 4 is 15.7 Å². The Morgan fingerprint density at radius 1 is 1.00 bits per heavy atom. The average Bonchev–Trinajstić information content (AvgIpc) is 2.40. The number of aryl methyl sites for hydroxylation is 1. The molecule has 3 nitrogen and oxygen atoms in total. The summed E-state index contributed by atoms with van der Waals surface area (Å²) in [4.78, 5) is 0.235. The normalized spacial score (nSPS) is 10.7. The molecule has 2 aromatic rings. The van der Waals surface area contributed by atoms with Crippen molar-refractivity contribution in [3.8, 4) is 12.3 Å². The van der Waals surface area contributed by atoms with Crippen molar-refractivity contribution < 1.29 is 8.42 Å². The van der Waals surface area contributed by atoms with Crippen LogP contribution < -0.4 is 4.72 Å². The van der Waals surface area contributed by atoms with E-state index >= 15 is 0 Å². The zero-order valence-corrected chi connectivity index (χ0v) is 11.2. The summed E-state index contributed by atoms with van der Waals surface area (Å²) in [6, 6.07) is 13.3. The van der Waals surface area contributed by atoms with Crippen LogP contribution in [0, 0.1) is 19.3 Å². The van der Waals surface area contributed by atoms with Crippen LogP contribution in [0.4, 0.5) is 5.69 Å². The van der Waals surface area contributed by atoms with Gasteiger partial charge in [-0.15, -0.1) is 6.42 Å². The lowest BCUT2D eigenvalue weighted by Gasteiger charge is -2.08. The summed E-state index contributed by atoms with van der Waals surface area (Å²) in [7, 11) is -3.55. The molecular formula is C15H13NO2S. The number of benzene rings is 2. The predicted octanol–water partition coefficient (Wildman–Crippen LogP) is 2.78. The van der Waals surface area contributed by atoms with Gasteiger partial charge in [-0.1, -0.05) is 23.6 Å². The number of nitrogens with one attached hydrogen (secondary N) is 1. The number of terminal acetylenes is 1. The zero-order valence-electron chi connectivity index (χ0n) is 10.4. The van der Waals surface area contributed by atoms with Gasteiger partial charge in [0.25, 0.3) is 10.0 Å². The molecule has 0 aliphatic heterocycles. The fourth-order valence-electron chi connectivity index (χ4n) is 1.57. The summed E-state index contributed by atoms with van der Waals surface area (Å²) in [6.07, 6.45) is 5.24. The van der Waals surface area contributed by atoms with E-state index in [1.165, 1.54) is 0 Å². The number of hydrogen-bond donors (Lipinski definition) is 1. The molecule has 1 N–H and O–H groups in total. The molecule has 19 heavy (non-hydrogen) atoms. The van der Waals surface area contributed by atoms with Crippen LogP contribution in [0.3, 0.4) is 0 Å². The smallest absolute Gasteiger partial charge is 0.261 e. The third kappa shape index (κ3) is 3.15. The zero-order chi connectivity index (χ0) is 13.9. The third-order valence-electron chi connectivity index (χ3n) is 2.64. The Kier molecular flexibility index (Phi) is 3.59. The van der Waals surface area contributed by atoms with Crippen molar-refractivity contribution in [2.24, 2.45) is 0 Å². The quantitative estimate of drug-likeness (QED) is 0.872. The highest BCUT2D eigenvalue weighted by molar-refractivity contribution is 7.92. The number of rotatable bonds is 3. The van der Waals surface area contributed by atoms with Crippen molar-refractivity contribution in [1.82, 2.24) is 0 Å². The van der Waals surface area contributed by atoms with Gasteiger partial charge in [-0.3, -0.25) is 4.72 Å². The highest BCUT2D eigenvalue weighted by atomic mass is 32.2. The molecule has 2 rings (SSSR count). The van der Waals surface area contributed by atoms with E-state index in [9.17, 15) is 8.42 Å². The Labute approximate surface area is 113 Å². The molecule has 0 aromatic heterocycles. The minimum atomic E-state index is -3.55. The van der Waals surface area contributed by atoms with E-state index in [1.807, 2.05) is 6.92 Å². The molecule has 4 heteroatoms. The van der Waals surface area contributed by atoms with Crippen LogP contribution in [-0.2, 0) is 10.0 Å². The minimum absolute atomic E-state index is 0.235. The van der Waals surface area contributed by atoms with Crippen LogP contribution in [0.15, 0.2) is 53.4 Å². The van der Waals surface area contributed by atoms with Gasteiger partial charge in [0.05, 0.1) is 4.90 Å². The van der Waals surface area contributed by atoms with Crippen LogP contribution in [0.2, 0.25) is 0 Å². The summed E-state index contributed by atoms with van der Waals surface area (Å²) >= 11 is 0. The maximum atomic E-state index is 12.1. The molecule has 0 unspecified atom stereocenters. The van der Waals surface area contributed by atoms with Crippen LogP contribution >= 0.6 is 0 Å². The Morgan fingerprint density at radius 2 is 1.58 bits per heavy atom. The van der Waals surface area contributed by atoms with Gasteiger partial charge in [-0.2, -0.15) is 0 Å². The number of anilines is 1. The molecule has 0 bridgehead atoms. The van der Waals surface area contributed by atoms with Gasteiger partial charge in [0.1, 0.15) is 0 Å². The van der Waals surface area contributed by atoms with Gasteiger partial charge in [-0.25, -0.2) is 8.42 Å². The predicted molar refractivity (Wildman–Crippen MR) is 76.4 cm³/mol. The molecule has 2 aromatic carbocycles. The van der Waals surface area contributed by atoms with E-state index in [4.69, 9.17) is 6.42 Å². The maximum Gasteiger partial charge on any atom is 0.261 e. The molecule has 0 saturated carbocycles. The first kappa shape index (κ1) is 13.2. The summed E-state index contributed by atoms with van der Waals surface area (Å²) < 4.78 is 26.7. The van der Waals surface area contributed by atoms with Gasteiger partial charge < -0.3 is 0 Å². The van der Waals surface area contributed by atoms with E-state index in [0.717, 1.165) is 5.56 Å². The summed E-state index contributed by atoms with van der Waals surface area (Å²) in [5.41, 5.74) is 2.20. The Balaban J connectivity index is 2.26. The molecule has 0 atom stereocenters. The van der Waals surface area contributed by atoms with Crippen LogP contribution in [-0.4, -0.2) is 8.42 Å². The molecule has 0 amide bonds. The van der Waals surface area contributed by atoms with E-state index < -0.39 is 10.0 Å². The summed E-state index contributed by atoms with van der Waals surface area (Å²) in [5, 5.41) is 0. The van der Waals surface area contributed by atoms with Crippen molar-refractivity contribution in [3.05, 3.63) is 59.7 Å². The van der Waals surface area contributed by atoms with E-state index in [-0.39, 0.29) is 4.90 Å². The molecule has 0 fully saturated rings. The largest absolute Gasteiger partial charge is 0.280 e. The molecule has 0 saturated heterocycles. The van der Waals surface area contributed by atoms with Gasteiger partial charge >= 0.3 is 0 Å².